The molecule has 2 heterocycles. The molecule has 9 heteroatoms. The van der Waals surface area contributed by atoms with E-state index in [1.165, 1.54) is 0 Å². The summed E-state index contributed by atoms with van der Waals surface area (Å²) in [7, 11) is 3.32. The van der Waals surface area contributed by atoms with Crippen molar-refractivity contribution in [3.63, 3.8) is 0 Å². The smallest absolute Gasteiger partial charge is 0.252 e. The molecule has 0 radical (unpaired) electrons. The Morgan fingerprint density at radius 3 is 2.50 bits per heavy atom. The van der Waals surface area contributed by atoms with E-state index in [1.54, 1.807) is 31.4 Å². The molecule has 1 N–H and O–H groups in total. The van der Waals surface area contributed by atoms with Crippen molar-refractivity contribution in [2.75, 3.05) is 37.6 Å². The lowest BCUT2D eigenvalue weighted by Gasteiger charge is -2.26. The molecular formula is C33H32Cl2N4O3. The summed E-state index contributed by atoms with van der Waals surface area (Å²) in [6, 6.07) is 23.9. The van der Waals surface area contributed by atoms with E-state index < -0.39 is 6.04 Å². The number of aliphatic imine (C=N–C) groups is 1. The number of benzodiazepines with no additional fused rings is 1. The lowest BCUT2D eigenvalue weighted by Crippen LogP contribution is -2.38. The number of hydrogen-bond donors (Lipinski definition) is 1. The van der Waals surface area contributed by atoms with Crippen LogP contribution in [0.4, 0.5) is 11.5 Å². The Morgan fingerprint density at radius 2 is 1.79 bits per heavy atom. The number of carbonyl (C=O) groups is 1. The number of nitrogens with one attached hydrogen (secondary N) is 1. The van der Waals surface area contributed by atoms with Crippen LogP contribution in [0.1, 0.15) is 28.7 Å². The molecule has 0 aliphatic carbocycles. The van der Waals surface area contributed by atoms with Crippen LogP contribution < -0.4 is 15.0 Å². The van der Waals surface area contributed by atoms with Gasteiger partial charge < -0.3 is 19.7 Å². The van der Waals surface area contributed by atoms with Gasteiger partial charge in [0.25, 0.3) is 5.91 Å². The average Bonchev–Trinajstić information content (AvgIpc) is 3.11. The molecule has 0 fully saturated rings. The van der Waals surface area contributed by atoms with Crippen molar-refractivity contribution in [3.8, 4) is 5.75 Å². The Morgan fingerprint density at radius 1 is 0.976 bits per heavy atom. The first-order chi connectivity index (χ1) is 20.5. The molecule has 42 heavy (non-hydrogen) atoms. The van der Waals surface area contributed by atoms with Gasteiger partial charge in [0.15, 0.2) is 0 Å². The molecule has 5 rings (SSSR count). The third-order valence-electron chi connectivity index (χ3n) is 7.08. The van der Waals surface area contributed by atoms with Crippen LogP contribution in [0.3, 0.4) is 0 Å². The number of fused-ring (bicyclic) bond motifs is 1. The van der Waals surface area contributed by atoms with Gasteiger partial charge in [0.05, 0.1) is 25.1 Å². The maximum Gasteiger partial charge on any atom is 0.252 e. The van der Waals surface area contributed by atoms with E-state index in [0.717, 1.165) is 52.5 Å². The van der Waals surface area contributed by atoms with Crippen molar-refractivity contribution in [3.05, 3.63) is 117 Å². The highest BCUT2D eigenvalue weighted by atomic mass is 35.5. The van der Waals surface area contributed by atoms with Gasteiger partial charge in [-0.2, -0.15) is 0 Å². The summed E-state index contributed by atoms with van der Waals surface area (Å²) in [4.78, 5) is 25.8. The van der Waals surface area contributed by atoms with E-state index >= 15 is 0 Å². The fourth-order valence-corrected chi connectivity index (χ4v) is 5.28. The minimum atomic E-state index is -0.726. The zero-order chi connectivity index (χ0) is 29.5. The summed E-state index contributed by atoms with van der Waals surface area (Å²) in [6.45, 7) is 1.77. The molecule has 1 aromatic heterocycles. The van der Waals surface area contributed by atoms with Crippen molar-refractivity contribution in [1.82, 2.24) is 4.98 Å². The third kappa shape index (κ3) is 6.93. The van der Waals surface area contributed by atoms with Gasteiger partial charge in [-0.15, -0.1) is 0 Å². The number of carbonyl (C=O) groups excluding carboxylic acids is 1. The number of ether oxygens (including phenoxy) is 2. The van der Waals surface area contributed by atoms with E-state index in [0.29, 0.717) is 35.3 Å². The van der Waals surface area contributed by atoms with Gasteiger partial charge in [-0.25, -0.2) is 4.98 Å². The molecule has 4 aromatic rings. The fraction of sp³-hybridized carbons (Fsp3) is 0.242. The zero-order valence-corrected chi connectivity index (χ0v) is 25.0. The molecule has 0 bridgehead atoms. The SMILES string of the molecule is COCCCNc1ccc(C2=N[C@@H](Cc3ccccc3Cl)C(=O)N(Cc3ccc(OC)cc3)c3ccc(Cl)cc32)cn1. The second-order valence-corrected chi connectivity index (χ2v) is 10.8. The Kier molecular flexibility index (Phi) is 9.74. The van der Waals surface area contributed by atoms with Crippen LogP contribution in [-0.2, 0) is 22.5 Å². The van der Waals surface area contributed by atoms with E-state index in [1.807, 2.05) is 72.8 Å². The maximum atomic E-state index is 14.3. The van der Waals surface area contributed by atoms with Crippen LogP contribution in [0.25, 0.3) is 0 Å². The molecule has 1 aliphatic rings. The predicted octanol–water partition coefficient (Wildman–Crippen LogP) is 6.84. The standard InChI is InChI=1S/C33H32Cl2N4O3/c1-41-17-5-16-36-31-15-10-24(20-37-31)32-27-19-25(34)11-14-30(27)39(21-22-8-12-26(42-2)13-9-22)33(40)29(38-32)18-23-6-3-4-7-28(23)35/h3-4,6-15,19-20,29H,5,16-18,21H2,1-2H3,(H,36,37)/t29-/m0/s1. The second-order valence-electron chi connectivity index (χ2n) is 9.93. The molecule has 1 atom stereocenters. The highest BCUT2D eigenvalue weighted by molar-refractivity contribution is 6.32. The molecule has 1 aliphatic heterocycles. The number of benzene rings is 3. The third-order valence-corrected chi connectivity index (χ3v) is 7.68. The number of rotatable bonds is 11. The average molecular weight is 604 g/mol. The minimum absolute atomic E-state index is 0.131. The Hall–Kier alpha value is -3.91. The van der Waals surface area contributed by atoms with Gasteiger partial charge in [0.1, 0.15) is 17.6 Å². The van der Waals surface area contributed by atoms with Gasteiger partial charge in [-0.1, -0.05) is 53.5 Å². The lowest BCUT2D eigenvalue weighted by atomic mass is 10.0. The van der Waals surface area contributed by atoms with Crippen molar-refractivity contribution in [2.24, 2.45) is 4.99 Å². The fourth-order valence-electron chi connectivity index (χ4n) is 4.90. The minimum Gasteiger partial charge on any atom is -0.497 e. The van der Waals surface area contributed by atoms with Crippen LogP contribution >= 0.6 is 23.2 Å². The number of aromatic nitrogens is 1. The molecular weight excluding hydrogens is 571 g/mol. The van der Waals surface area contributed by atoms with Crippen molar-refractivity contribution in [1.29, 1.82) is 0 Å². The Balaban J connectivity index is 1.57. The summed E-state index contributed by atoms with van der Waals surface area (Å²) in [6.07, 6.45) is 2.99. The summed E-state index contributed by atoms with van der Waals surface area (Å²) in [5.74, 6) is 1.37. The highest BCUT2D eigenvalue weighted by Crippen LogP contribution is 2.33. The summed E-state index contributed by atoms with van der Waals surface area (Å²) >= 11 is 13.1. The number of halogens is 2. The van der Waals surface area contributed by atoms with Gasteiger partial charge in [-0.05, 0) is 66.1 Å². The first kappa shape index (κ1) is 29.6. The predicted molar refractivity (Wildman–Crippen MR) is 169 cm³/mol. The molecule has 0 saturated carbocycles. The second kappa shape index (κ2) is 13.8. The number of nitrogens with zero attached hydrogens (tertiary/aromatic N) is 3. The molecule has 1 amide bonds. The highest BCUT2D eigenvalue weighted by Gasteiger charge is 2.33. The zero-order valence-electron chi connectivity index (χ0n) is 23.5. The van der Waals surface area contributed by atoms with E-state index in [4.69, 9.17) is 37.7 Å². The first-order valence-corrected chi connectivity index (χ1v) is 14.5. The van der Waals surface area contributed by atoms with Gasteiger partial charge in [0.2, 0.25) is 0 Å². The lowest BCUT2D eigenvalue weighted by molar-refractivity contribution is -0.119. The number of hydrogen-bond acceptors (Lipinski definition) is 6. The molecule has 3 aromatic carbocycles. The molecule has 0 saturated heterocycles. The Bertz CT molecular complexity index is 1560. The molecule has 216 valence electrons. The van der Waals surface area contributed by atoms with Crippen LogP contribution in [0.15, 0.2) is 90.1 Å². The maximum absolute atomic E-state index is 14.3. The van der Waals surface area contributed by atoms with Gasteiger partial charge in [0, 0.05) is 54.1 Å². The van der Waals surface area contributed by atoms with Crippen LogP contribution in [-0.4, -0.2) is 50.0 Å². The largest absolute Gasteiger partial charge is 0.497 e. The van der Waals surface area contributed by atoms with Crippen molar-refractivity contribution < 1.29 is 14.3 Å². The number of methoxy groups -OCH3 is 2. The van der Waals surface area contributed by atoms with Gasteiger partial charge >= 0.3 is 0 Å². The summed E-state index contributed by atoms with van der Waals surface area (Å²) in [5, 5.41) is 4.45. The first-order valence-electron chi connectivity index (χ1n) is 13.7. The van der Waals surface area contributed by atoms with Crippen LogP contribution in [0.5, 0.6) is 5.75 Å². The molecule has 7 nitrogen and oxygen atoms in total. The van der Waals surface area contributed by atoms with Crippen LogP contribution in [0.2, 0.25) is 10.0 Å². The van der Waals surface area contributed by atoms with Gasteiger partial charge in [-0.3, -0.25) is 9.79 Å². The van der Waals surface area contributed by atoms with E-state index in [2.05, 4.69) is 10.3 Å². The van der Waals surface area contributed by atoms with E-state index in [9.17, 15) is 4.79 Å². The van der Waals surface area contributed by atoms with Crippen LogP contribution in [0, 0.1) is 0 Å². The van der Waals surface area contributed by atoms with E-state index in [-0.39, 0.29) is 5.91 Å². The monoisotopic (exact) mass is 602 g/mol. The summed E-state index contributed by atoms with van der Waals surface area (Å²) < 4.78 is 10.5. The summed E-state index contributed by atoms with van der Waals surface area (Å²) in [5.41, 5.74) is 4.71. The quantitative estimate of drug-likeness (QED) is 0.190. The molecule has 0 unspecified atom stereocenters. The normalized spacial score (nSPS) is 14.7. The van der Waals surface area contributed by atoms with Crippen molar-refractivity contribution >= 4 is 46.3 Å². The number of anilines is 2. The van der Waals surface area contributed by atoms with Crippen molar-refractivity contribution in [2.45, 2.75) is 25.4 Å². The number of amides is 1. The topological polar surface area (TPSA) is 76.0 Å². The molecule has 0 spiro atoms. The number of pyridine rings is 1. The Labute approximate surface area is 256 Å².